The van der Waals surface area contributed by atoms with Crippen LogP contribution in [0.15, 0.2) is 65.8 Å². The molecule has 0 radical (unpaired) electrons. The summed E-state index contributed by atoms with van der Waals surface area (Å²) in [6.07, 6.45) is 6.10. The summed E-state index contributed by atoms with van der Waals surface area (Å²) in [6, 6.07) is 20.3. The highest BCUT2D eigenvalue weighted by Crippen LogP contribution is 2.36. The molecule has 1 saturated carbocycles. The maximum absolute atomic E-state index is 12.8. The summed E-state index contributed by atoms with van der Waals surface area (Å²) in [5.74, 6) is 1.32. The van der Waals surface area contributed by atoms with Crippen LogP contribution in [0.1, 0.15) is 50.0 Å². The number of carbonyl (C=O) groups is 1. The van der Waals surface area contributed by atoms with E-state index in [0.29, 0.717) is 22.8 Å². The van der Waals surface area contributed by atoms with Crippen LogP contribution in [-0.2, 0) is 11.3 Å². The Morgan fingerprint density at radius 2 is 1.79 bits per heavy atom. The standard InChI is InChI=1S/C29H29N7OS2/c1-2-36-26(22-17-24(19-11-5-3-6-12-19)30-23-16-10-9-15-21(22)23)32-35-29(36)38-18-25(37)31-28-34-33-27(39-28)20-13-7-4-8-14-20/h3,5-6,9-12,15-17,20H,2,4,7-8,13-14,18H2,1H3,(H,31,34,37). The molecule has 6 rings (SSSR count). The van der Waals surface area contributed by atoms with Crippen LogP contribution >= 0.6 is 23.1 Å². The van der Waals surface area contributed by atoms with Gasteiger partial charge >= 0.3 is 0 Å². The van der Waals surface area contributed by atoms with Crippen molar-refractivity contribution in [2.45, 2.75) is 56.6 Å². The summed E-state index contributed by atoms with van der Waals surface area (Å²) in [4.78, 5) is 17.7. The maximum atomic E-state index is 12.8. The summed E-state index contributed by atoms with van der Waals surface area (Å²) in [5.41, 5.74) is 3.79. The Morgan fingerprint density at radius 3 is 2.62 bits per heavy atom. The van der Waals surface area contributed by atoms with Gasteiger partial charge in [0, 0.05) is 29.0 Å². The van der Waals surface area contributed by atoms with Crippen LogP contribution in [0, 0.1) is 0 Å². The molecule has 1 aliphatic carbocycles. The highest BCUT2D eigenvalue weighted by Gasteiger charge is 2.21. The predicted octanol–water partition coefficient (Wildman–Crippen LogP) is 6.81. The zero-order chi connectivity index (χ0) is 26.6. The van der Waals surface area contributed by atoms with Gasteiger partial charge in [-0.05, 0) is 31.9 Å². The summed E-state index contributed by atoms with van der Waals surface area (Å²) in [7, 11) is 0. The SMILES string of the molecule is CCn1c(SCC(=O)Nc2nnc(C3CCCCC3)s2)nnc1-c1cc(-c2ccccc2)nc2ccccc12. The number of thioether (sulfide) groups is 1. The first-order valence-corrected chi connectivity index (χ1v) is 15.1. The number of pyridine rings is 1. The second kappa shape index (κ2) is 11.6. The number of nitrogens with one attached hydrogen (secondary N) is 1. The fraction of sp³-hybridized carbons (Fsp3) is 0.310. The Balaban J connectivity index is 1.21. The number of carbonyl (C=O) groups excluding carboxylic acids is 1. The van der Waals surface area contributed by atoms with E-state index in [0.717, 1.165) is 51.4 Å². The van der Waals surface area contributed by atoms with Crippen LogP contribution in [0.3, 0.4) is 0 Å². The van der Waals surface area contributed by atoms with Gasteiger partial charge in [-0.1, -0.05) is 90.9 Å². The molecule has 1 N–H and O–H groups in total. The molecule has 39 heavy (non-hydrogen) atoms. The van der Waals surface area contributed by atoms with Crippen molar-refractivity contribution in [2.75, 3.05) is 11.1 Å². The van der Waals surface area contributed by atoms with Gasteiger partial charge in [0.2, 0.25) is 11.0 Å². The first-order valence-electron chi connectivity index (χ1n) is 13.3. The number of amides is 1. The van der Waals surface area contributed by atoms with Crippen molar-refractivity contribution in [1.82, 2.24) is 29.9 Å². The van der Waals surface area contributed by atoms with E-state index in [2.05, 4.69) is 61.5 Å². The van der Waals surface area contributed by atoms with Gasteiger partial charge < -0.3 is 4.57 Å². The average molecular weight is 556 g/mol. The number of aromatic nitrogens is 6. The fourth-order valence-electron chi connectivity index (χ4n) is 5.08. The molecule has 5 aromatic rings. The van der Waals surface area contributed by atoms with Crippen LogP contribution in [0.2, 0.25) is 0 Å². The van der Waals surface area contributed by atoms with Crippen LogP contribution in [0.4, 0.5) is 5.13 Å². The summed E-state index contributed by atoms with van der Waals surface area (Å²) in [5, 5.41) is 23.8. The van der Waals surface area contributed by atoms with Crippen LogP contribution < -0.4 is 5.32 Å². The van der Waals surface area contributed by atoms with E-state index in [9.17, 15) is 4.79 Å². The molecule has 8 nitrogen and oxygen atoms in total. The Morgan fingerprint density at radius 1 is 1.00 bits per heavy atom. The number of nitrogens with zero attached hydrogens (tertiary/aromatic N) is 6. The lowest BCUT2D eigenvalue weighted by Crippen LogP contribution is -2.14. The molecule has 0 aliphatic heterocycles. The predicted molar refractivity (Wildman–Crippen MR) is 157 cm³/mol. The van der Waals surface area contributed by atoms with Gasteiger partial charge in [0.05, 0.1) is 17.0 Å². The molecular weight excluding hydrogens is 527 g/mol. The van der Waals surface area contributed by atoms with E-state index in [1.54, 1.807) is 0 Å². The molecule has 198 valence electrons. The molecule has 0 atom stereocenters. The lowest BCUT2D eigenvalue weighted by molar-refractivity contribution is -0.113. The zero-order valence-electron chi connectivity index (χ0n) is 21.7. The third kappa shape index (κ3) is 5.58. The van der Waals surface area contributed by atoms with Crippen molar-refractivity contribution in [2.24, 2.45) is 0 Å². The fourth-order valence-corrected chi connectivity index (χ4v) is 6.81. The molecule has 1 aliphatic rings. The van der Waals surface area contributed by atoms with Gasteiger partial charge in [-0.3, -0.25) is 10.1 Å². The topological polar surface area (TPSA) is 98.5 Å². The van der Waals surface area contributed by atoms with Crippen LogP contribution in [0.25, 0.3) is 33.5 Å². The molecule has 0 saturated heterocycles. The average Bonchev–Trinajstić information content (AvgIpc) is 3.63. The summed E-state index contributed by atoms with van der Waals surface area (Å²) in [6.45, 7) is 2.73. The molecule has 0 spiro atoms. The maximum Gasteiger partial charge on any atom is 0.236 e. The summed E-state index contributed by atoms with van der Waals surface area (Å²) < 4.78 is 2.06. The lowest BCUT2D eigenvalue weighted by Gasteiger charge is -2.18. The Labute approximate surface area is 235 Å². The minimum absolute atomic E-state index is 0.126. The van der Waals surface area contributed by atoms with E-state index >= 15 is 0 Å². The largest absolute Gasteiger partial charge is 0.302 e. The first-order chi connectivity index (χ1) is 19.2. The number of benzene rings is 2. The molecule has 3 aromatic heterocycles. The third-order valence-electron chi connectivity index (χ3n) is 7.03. The Bertz CT molecular complexity index is 1590. The highest BCUT2D eigenvalue weighted by molar-refractivity contribution is 7.99. The minimum Gasteiger partial charge on any atom is -0.302 e. The Kier molecular flexibility index (Phi) is 7.64. The van der Waals surface area contributed by atoms with E-state index in [1.165, 1.54) is 42.4 Å². The van der Waals surface area contributed by atoms with Crippen molar-refractivity contribution >= 4 is 45.0 Å². The second-order valence-corrected chi connectivity index (χ2v) is 11.6. The van der Waals surface area contributed by atoms with E-state index in [-0.39, 0.29) is 11.7 Å². The van der Waals surface area contributed by atoms with Gasteiger partial charge in [-0.15, -0.1) is 20.4 Å². The molecule has 1 fully saturated rings. The number of anilines is 1. The molecule has 3 heterocycles. The number of hydrogen-bond acceptors (Lipinski definition) is 8. The van der Waals surface area contributed by atoms with Crippen molar-refractivity contribution in [3.8, 4) is 22.6 Å². The minimum atomic E-state index is -0.126. The van der Waals surface area contributed by atoms with Crippen LogP contribution in [-0.4, -0.2) is 41.6 Å². The number of para-hydroxylation sites is 1. The molecule has 2 aromatic carbocycles. The van der Waals surface area contributed by atoms with E-state index in [1.807, 2.05) is 36.4 Å². The Hall–Kier alpha value is -3.63. The van der Waals surface area contributed by atoms with Gasteiger partial charge in [0.15, 0.2) is 11.0 Å². The molecule has 0 bridgehead atoms. The third-order valence-corrected chi connectivity index (χ3v) is 9.00. The quantitative estimate of drug-likeness (QED) is 0.210. The molecule has 10 heteroatoms. The van der Waals surface area contributed by atoms with E-state index < -0.39 is 0 Å². The number of rotatable bonds is 8. The van der Waals surface area contributed by atoms with Crippen molar-refractivity contribution in [1.29, 1.82) is 0 Å². The van der Waals surface area contributed by atoms with Crippen molar-refractivity contribution in [3.05, 3.63) is 65.7 Å². The lowest BCUT2D eigenvalue weighted by atomic mass is 9.90. The van der Waals surface area contributed by atoms with Crippen molar-refractivity contribution < 1.29 is 4.79 Å². The monoisotopic (exact) mass is 555 g/mol. The normalized spacial score (nSPS) is 14.1. The van der Waals surface area contributed by atoms with E-state index in [4.69, 9.17) is 4.98 Å². The number of hydrogen-bond donors (Lipinski definition) is 1. The first kappa shape index (κ1) is 25.6. The highest BCUT2D eigenvalue weighted by atomic mass is 32.2. The molecule has 0 unspecified atom stereocenters. The second-order valence-electron chi connectivity index (χ2n) is 9.61. The smallest absolute Gasteiger partial charge is 0.236 e. The van der Waals surface area contributed by atoms with Gasteiger partial charge in [-0.25, -0.2) is 4.98 Å². The zero-order valence-corrected chi connectivity index (χ0v) is 23.3. The van der Waals surface area contributed by atoms with Gasteiger partial charge in [0.25, 0.3) is 0 Å². The van der Waals surface area contributed by atoms with Gasteiger partial charge in [0.1, 0.15) is 5.01 Å². The molecule has 1 amide bonds. The van der Waals surface area contributed by atoms with Gasteiger partial charge in [-0.2, -0.15) is 0 Å². The number of fused-ring (bicyclic) bond motifs is 1. The van der Waals surface area contributed by atoms with Crippen molar-refractivity contribution in [3.63, 3.8) is 0 Å². The summed E-state index contributed by atoms with van der Waals surface area (Å²) >= 11 is 2.87. The van der Waals surface area contributed by atoms with Crippen LogP contribution in [0.5, 0.6) is 0 Å². The molecular formula is C29H29N7OS2.